The second kappa shape index (κ2) is 3.63. The summed E-state index contributed by atoms with van der Waals surface area (Å²) in [5.41, 5.74) is 7.87. The molecule has 1 unspecified atom stereocenters. The van der Waals surface area contributed by atoms with E-state index < -0.39 is 0 Å². The monoisotopic (exact) mass is 229 g/mol. The van der Waals surface area contributed by atoms with Gasteiger partial charge in [0.15, 0.2) is 0 Å². The van der Waals surface area contributed by atoms with Crippen molar-refractivity contribution in [1.29, 1.82) is 0 Å². The summed E-state index contributed by atoms with van der Waals surface area (Å²) >= 11 is 11.8. The highest BCUT2D eigenvalue weighted by Gasteiger charge is 2.53. The third-order valence-corrected chi connectivity index (χ3v) is 4.13. The number of nitrogen functional groups attached to an aromatic ring is 1. The number of hydrogen-bond acceptors (Lipinski definition) is 1. The molecule has 0 saturated heterocycles. The number of halogens is 2. The molecule has 0 spiro atoms. The molecule has 0 radical (unpaired) electrons. The molecule has 1 aromatic carbocycles. The van der Waals surface area contributed by atoms with Crippen molar-refractivity contribution in [3.8, 4) is 0 Å². The summed E-state index contributed by atoms with van der Waals surface area (Å²) < 4.78 is 0. The molecule has 0 aromatic heterocycles. The van der Waals surface area contributed by atoms with Gasteiger partial charge in [-0.2, -0.15) is 0 Å². The van der Waals surface area contributed by atoms with Crippen molar-refractivity contribution in [3.63, 3.8) is 0 Å². The highest BCUT2D eigenvalue weighted by Crippen LogP contribution is 2.60. The average molecular weight is 230 g/mol. The molecule has 0 amide bonds. The molecule has 0 bridgehead atoms. The van der Waals surface area contributed by atoms with Crippen LogP contribution in [0.5, 0.6) is 0 Å². The Kier molecular flexibility index (Phi) is 2.63. The van der Waals surface area contributed by atoms with Gasteiger partial charge in [0.1, 0.15) is 0 Å². The van der Waals surface area contributed by atoms with Crippen molar-refractivity contribution in [3.05, 3.63) is 29.8 Å². The number of alkyl halides is 2. The number of hydrogen-bond donors (Lipinski definition) is 1. The van der Waals surface area contributed by atoms with Gasteiger partial charge in [0.05, 0.1) is 0 Å². The van der Waals surface area contributed by atoms with Crippen LogP contribution in [0.2, 0.25) is 0 Å². The van der Waals surface area contributed by atoms with Gasteiger partial charge in [-0.1, -0.05) is 12.1 Å². The Labute approximate surface area is 94.2 Å². The lowest BCUT2D eigenvalue weighted by molar-refractivity contribution is 0.638. The molecule has 14 heavy (non-hydrogen) atoms. The molecule has 2 rings (SSSR count). The zero-order valence-electron chi connectivity index (χ0n) is 7.84. The summed E-state index contributed by atoms with van der Waals surface area (Å²) in [6, 6.07) is 8.00. The largest absolute Gasteiger partial charge is 0.399 e. The van der Waals surface area contributed by atoms with Gasteiger partial charge >= 0.3 is 0 Å². The van der Waals surface area contributed by atoms with Crippen molar-refractivity contribution in [2.24, 2.45) is 5.41 Å². The minimum Gasteiger partial charge on any atom is -0.399 e. The Balaban J connectivity index is 2.16. The van der Waals surface area contributed by atoms with Gasteiger partial charge in [-0.15, -0.1) is 23.2 Å². The van der Waals surface area contributed by atoms with Crippen molar-refractivity contribution >= 4 is 28.9 Å². The highest BCUT2D eigenvalue weighted by molar-refractivity contribution is 6.22. The van der Waals surface area contributed by atoms with Crippen LogP contribution in [0.1, 0.15) is 17.9 Å². The van der Waals surface area contributed by atoms with Crippen LogP contribution >= 0.6 is 23.2 Å². The van der Waals surface area contributed by atoms with E-state index in [1.165, 1.54) is 5.56 Å². The predicted molar refractivity (Wildman–Crippen MR) is 62.1 cm³/mol. The first kappa shape index (κ1) is 10.1. The molecule has 3 heteroatoms. The molecular formula is C11H13Cl2N. The summed E-state index contributed by atoms with van der Waals surface area (Å²) in [5, 5.41) is 0. The van der Waals surface area contributed by atoms with E-state index in [0.717, 1.165) is 12.1 Å². The predicted octanol–water partition coefficient (Wildman–Crippen LogP) is 3.22. The van der Waals surface area contributed by atoms with Crippen LogP contribution in [-0.4, -0.2) is 11.8 Å². The van der Waals surface area contributed by atoms with E-state index in [0.29, 0.717) is 17.7 Å². The van der Waals surface area contributed by atoms with Gasteiger partial charge in [0.25, 0.3) is 0 Å². The van der Waals surface area contributed by atoms with Crippen LogP contribution in [0, 0.1) is 5.41 Å². The first-order valence-corrected chi connectivity index (χ1v) is 5.76. The Bertz CT molecular complexity index is 317. The van der Waals surface area contributed by atoms with E-state index >= 15 is 0 Å². The third-order valence-electron chi connectivity index (χ3n) is 3.06. The van der Waals surface area contributed by atoms with Crippen molar-refractivity contribution in [2.75, 3.05) is 17.5 Å². The topological polar surface area (TPSA) is 26.0 Å². The molecule has 1 aromatic rings. The molecule has 2 N–H and O–H groups in total. The Morgan fingerprint density at radius 3 is 2.21 bits per heavy atom. The second-order valence-electron chi connectivity index (χ2n) is 4.05. The smallest absolute Gasteiger partial charge is 0.0314 e. The van der Waals surface area contributed by atoms with E-state index in [2.05, 4.69) is 12.1 Å². The lowest BCUT2D eigenvalue weighted by Gasteiger charge is -2.09. The molecule has 1 aliphatic carbocycles. The summed E-state index contributed by atoms with van der Waals surface area (Å²) in [5.74, 6) is 1.81. The fraction of sp³-hybridized carbons (Fsp3) is 0.455. The summed E-state index contributed by atoms with van der Waals surface area (Å²) in [6.07, 6.45) is 1.10. The first-order chi connectivity index (χ1) is 6.72. The van der Waals surface area contributed by atoms with E-state index in [9.17, 15) is 0 Å². The summed E-state index contributed by atoms with van der Waals surface area (Å²) in [4.78, 5) is 0. The molecule has 1 saturated carbocycles. The van der Waals surface area contributed by atoms with Crippen LogP contribution in [-0.2, 0) is 0 Å². The summed E-state index contributed by atoms with van der Waals surface area (Å²) in [6.45, 7) is 0. The maximum Gasteiger partial charge on any atom is 0.0314 e. The Morgan fingerprint density at radius 2 is 1.79 bits per heavy atom. The van der Waals surface area contributed by atoms with Crippen LogP contribution in [0.3, 0.4) is 0 Å². The van der Waals surface area contributed by atoms with Gasteiger partial charge in [0, 0.05) is 22.9 Å². The molecule has 1 fully saturated rings. The molecule has 0 aliphatic heterocycles. The maximum atomic E-state index is 5.92. The SMILES string of the molecule is Nc1ccc(C2CC2(CCl)CCl)cc1. The Hall–Kier alpha value is -0.400. The van der Waals surface area contributed by atoms with Gasteiger partial charge in [0.2, 0.25) is 0 Å². The van der Waals surface area contributed by atoms with Crippen molar-refractivity contribution in [1.82, 2.24) is 0 Å². The van der Waals surface area contributed by atoms with Crippen LogP contribution in [0.15, 0.2) is 24.3 Å². The number of benzene rings is 1. The molecule has 1 nitrogen and oxygen atoms in total. The minimum atomic E-state index is 0.138. The third kappa shape index (κ3) is 1.59. The lowest BCUT2D eigenvalue weighted by Crippen LogP contribution is -2.07. The van der Waals surface area contributed by atoms with Crippen LogP contribution < -0.4 is 5.73 Å². The zero-order valence-corrected chi connectivity index (χ0v) is 9.35. The fourth-order valence-electron chi connectivity index (χ4n) is 1.88. The zero-order chi connectivity index (χ0) is 10.2. The van der Waals surface area contributed by atoms with Crippen LogP contribution in [0.4, 0.5) is 5.69 Å². The maximum absolute atomic E-state index is 5.92. The molecular weight excluding hydrogens is 217 g/mol. The van der Waals surface area contributed by atoms with E-state index in [1.807, 2.05) is 12.1 Å². The Morgan fingerprint density at radius 1 is 1.21 bits per heavy atom. The molecule has 76 valence electrons. The number of nitrogens with two attached hydrogens (primary N) is 1. The lowest BCUT2D eigenvalue weighted by atomic mass is 10.0. The molecule has 0 heterocycles. The van der Waals surface area contributed by atoms with E-state index in [4.69, 9.17) is 28.9 Å². The van der Waals surface area contributed by atoms with Gasteiger partial charge < -0.3 is 5.73 Å². The van der Waals surface area contributed by atoms with Crippen molar-refractivity contribution < 1.29 is 0 Å². The second-order valence-corrected chi connectivity index (χ2v) is 4.59. The fourth-order valence-corrected chi connectivity index (χ4v) is 2.75. The minimum absolute atomic E-state index is 0.138. The van der Waals surface area contributed by atoms with Gasteiger partial charge in [-0.05, 0) is 30.0 Å². The summed E-state index contributed by atoms with van der Waals surface area (Å²) in [7, 11) is 0. The molecule has 1 atom stereocenters. The van der Waals surface area contributed by atoms with Crippen LogP contribution in [0.25, 0.3) is 0 Å². The van der Waals surface area contributed by atoms with E-state index in [1.54, 1.807) is 0 Å². The average Bonchev–Trinajstić information content (AvgIpc) is 2.94. The number of anilines is 1. The van der Waals surface area contributed by atoms with E-state index in [-0.39, 0.29) is 5.41 Å². The first-order valence-electron chi connectivity index (χ1n) is 4.69. The molecule has 1 aliphatic rings. The quantitative estimate of drug-likeness (QED) is 0.626. The van der Waals surface area contributed by atoms with Gasteiger partial charge in [-0.25, -0.2) is 0 Å². The number of rotatable bonds is 3. The standard InChI is InChI=1S/C11H13Cl2N/c12-6-11(7-13)5-10(11)8-1-3-9(14)4-2-8/h1-4,10H,5-7,14H2. The highest BCUT2D eigenvalue weighted by atomic mass is 35.5. The van der Waals surface area contributed by atoms with Crippen molar-refractivity contribution in [2.45, 2.75) is 12.3 Å². The normalized spacial score (nSPS) is 23.4. The van der Waals surface area contributed by atoms with Gasteiger partial charge in [-0.3, -0.25) is 0 Å².